The molecule has 2 N–H and O–H groups in total. The van der Waals surface area contributed by atoms with Gasteiger partial charge >= 0.3 is 0 Å². The zero-order chi connectivity index (χ0) is 14.8. The van der Waals surface area contributed by atoms with Gasteiger partial charge in [-0.1, -0.05) is 46.3 Å². The van der Waals surface area contributed by atoms with Crippen LogP contribution in [0.1, 0.15) is 35.3 Å². The molecular weight excluding hydrogens is 330 g/mol. The zero-order valence-electron chi connectivity index (χ0n) is 11.9. The molecule has 1 unspecified atom stereocenters. The molecule has 3 nitrogen and oxygen atoms in total. The van der Waals surface area contributed by atoms with Crippen LogP contribution in [0, 0.1) is 0 Å². The van der Waals surface area contributed by atoms with Gasteiger partial charge in [-0.3, -0.25) is 0 Å². The Labute approximate surface area is 133 Å². The Bertz CT molecular complexity index is 627. The normalized spacial score (nSPS) is 20.7. The molecule has 0 saturated carbocycles. The highest BCUT2D eigenvalue weighted by atomic mass is 79.9. The van der Waals surface area contributed by atoms with E-state index in [0.717, 1.165) is 33.3 Å². The van der Waals surface area contributed by atoms with Crippen LogP contribution in [0.15, 0.2) is 46.9 Å². The number of fused-ring (bicyclic) bond motifs is 1. The number of benzene rings is 2. The van der Waals surface area contributed by atoms with Gasteiger partial charge in [-0.05, 0) is 23.3 Å². The molecular formula is C17H18BrNO2. The number of hydrogen-bond acceptors (Lipinski definition) is 3. The van der Waals surface area contributed by atoms with Crippen LogP contribution in [0.3, 0.4) is 0 Å². The summed E-state index contributed by atoms with van der Waals surface area (Å²) in [6.45, 7) is 0.626. The Balaban J connectivity index is 1.84. The van der Waals surface area contributed by atoms with Crippen LogP contribution in [-0.2, 0) is 11.3 Å². The van der Waals surface area contributed by atoms with Crippen molar-refractivity contribution in [3.05, 3.63) is 63.6 Å². The monoisotopic (exact) mass is 347 g/mol. The third-order valence-corrected chi connectivity index (χ3v) is 4.27. The van der Waals surface area contributed by atoms with Crippen molar-refractivity contribution in [1.29, 1.82) is 0 Å². The van der Waals surface area contributed by atoms with Crippen molar-refractivity contribution in [2.24, 2.45) is 5.73 Å². The van der Waals surface area contributed by atoms with E-state index >= 15 is 0 Å². The highest BCUT2D eigenvalue weighted by Gasteiger charge is 2.27. The molecule has 110 valence electrons. The smallest absolute Gasteiger partial charge is 0.126 e. The van der Waals surface area contributed by atoms with Gasteiger partial charge in [-0.2, -0.15) is 0 Å². The van der Waals surface area contributed by atoms with E-state index in [1.54, 1.807) is 7.11 Å². The topological polar surface area (TPSA) is 44.5 Å². The van der Waals surface area contributed by atoms with Crippen LogP contribution in [-0.4, -0.2) is 7.11 Å². The van der Waals surface area contributed by atoms with E-state index in [1.165, 1.54) is 0 Å². The molecule has 0 fully saturated rings. The maximum atomic E-state index is 6.29. The minimum atomic E-state index is -0.00149. The standard InChI is InChI=1S/C17H18BrNO2/c1-20-10-11-2-4-12(5-3-11)16-9-15(19)14-7-6-13(18)8-17(14)21-16/h2-8,15-16H,9-10,19H2,1H3/t15-,16?/m0/s1. The van der Waals surface area contributed by atoms with E-state index in [1.807, 2.05) is 18.2 Å². The van der Waals surface area contributed by atoms with Gasteiger partial charge in [0.15, 0.2) is 0 Å². The summed E-state index contributed by atoms with van der Waals surface area (Å²) in [7, 11) is 1.70. The van der Waals surface area contributed by atoms with Crippen LogP contribution in [0.4, 0.5) is 0 Å². The first-order valence-electron chi connectivity index (χ1n) is 6.97. The molecule has 2 aromatic rings. The van der Waals surface area contributed by atoms with Crippen LogP contribution in [0.5, 0.6) is 5.75 Å². The lowest BCUT2D eigenvalue weighted by Crippen LogP contribution is -2.24. The quantitative estimate of drug-likeness (QED) is 0.908. The predicted molar refractivity (Wildman–Crippen MR) is 86.2 cm³/mol. The zero-order valence-corrected chi connectivity index (χ0v) is 13.5. The molecule has 1 heterocycles. The van der Waals surface area contributed by atoms with Crippen molar-refractivity contribution in [2.75, 3.05) is 7.11 Å². The second-order valence-corrected chi connectivity index (χ2v) is 6.22. The third kappa shape index (κ3) is 3.12. The molecule has 3 rings (SSSR count). The maximum Gasteiger partial charge on any atom is 0.126 e. The molecule has 0 saturated heterocycles. The van der Waals surface area contributed by atoms with Gasteiger partial charge in [-0.25, -0.2) is 0 Å². The van der Waals surface area contributed by atoms with E-state index in [9.17, 15) is 0 Å². The lowest BCUT2D eigenvalue weighted by atomic mass is 9.93. The maximum absolute atomic E-state index is 6.29. The Morgan fingerprint density at radius 1 is 1.24 bits per heavy atom. The molecule has 0 aromatic heterocycles. The van der Waals surface area contributed by atoms with Crippen molar-refractivity contribution in [1.82, 2.24) is 0 Å². The van der Waals surface area contributed by atoms with Crippen LogP contribution >= 0.6 is 15.9 Å². The van der Waals surface area contributed by atoms with Gasteiger partial charge in [0.2, 0.25) is 0 Å². The highest BCUT2D eigenvalue weighted by molar-refractivity contribution is 9.10. The van der Waals surface area contributed by atoms with Crippen LogP contribution in [0.2, 0.25) is 0 Å². The van der Waals surface area contributed by atoms with Crippen molar-refractivity contribution in [3.63, 3.8) is 0 Å². The fraction of sp³-hybridized carbons (Fsp3) is 0.294. The number of hydrogen-bond donors (Lipinski definition) is 1. The van der Waals surface area contributed by atoms with Gasteiger partial charge in [0.25, 0.3) is 0 Å². The average Bonchev–Trinajstić information content (AvgIpc) is 2.48. The van der Waals surface area contributed by atoms with E-state index in [-0.39, 0.29) is 12.1 Å². The number of halogens is 1. The molecule has 2 aromatic carbocycles. The van der Waals surface area contributed by atoms with E-state index in [2.05, 4.69) is 40.2 Å². The van der Waals surface area contributed by atoms with E-state index in [0.29, 0.717) is 6.61 Å². The summed E-state index contributed by atoms with van der Waals surface area (Å²) in [4.78, 5) is 0. The summed E-state index contributed by atoms with van der Waals surface area (Å²) in [5.74, 6) is 0.870. The van der Waals surface area contributed by atoms with Gasteiger partial charge in [0.05, 0.1) is 6.61 Å². The molecule has 1 aliphatic heterocycles. The van der Waals surface area contributed by atoms with Crippen molar-refractivity contribution < 1.29 is 9.47 Å². The first-order valence-corrected chi connectivity index (χ1v) is 7.76. The largest absolute Gasteiger partial charge is 0.485 e. The number of ether oxygens (including phenoxy) is 2. The predicted octanol–water partition coefficient (Wildman–Crippen LogP) is 4.12. The molecule has 0 amide bonds. The Hall–Kier alpha value is -1.36. The lowest BCUT2D eigenvalue weighted by molar-refractivity contribution is 0.161. The number of nitrogens with two attached hydrogens (primary N) is 1. The van der Waals surface area contributed by atoms with Gasteiger partial charge in [0.1, 0.15) is 11.9 Å². The SMILES string of the molecule is COCc1ccc(C2C[C@H](N)c3ccc(Br)cc3O2)cc1. The average molecular weight is 348 g/mol. The second kappa shape index (κ2) is 6.18. The molecule has 0 radical (unpaired) electrons. The molecule has 2 atom stereocenters. The van der Waals surface area contributed by atoms with E-state index < -0.39 is 0 Å². The molecule has 4 heteroatoms. The summed E-state index contributed by atoms with van der Waals surface area (Å²) < 4.78 is 12.3. The Morgan fingerprint density at radius 2 is 2.00 bits per heavy atom. The minimum absolute atomic E-state index is 0.00149. The summed E-state index contributed by atoms with van der Waals surface area (Å²) in [6, 6.07) is 14.4. The second-order valence-electron chi connectivity index (χ2n) is 5.31. The van der Waals surface area contributed by atoms with Crippen LogP contribution in [0.25, 0.3) is 0 Å². The summed E-state index contributed by atoms with van der Waals surface area (Å²) in [6.07, 6.45) is 0.788. The molecule has 0 aliphatic carbocycles. The van der Waals surface area contributed by atoms with Crippen molar-refractivity contribution in [2.45, 2.75) is 25.2 Å². The van der Waals surface area contributed by atoms with Gasteiger partial charge in [0, 0.05) is 29.6 Å². The molecule has 0 spiro atoms. The molecule has 21 heavy (non-hydrogen) atoms. The van der Waals surface area contributed by atoms with E-state index in [4.69, 9.17) is 15.2 Å². The fourth-order valence-electron chi connectivity index (χ4n) is 2.67. The summed E-state index contributed by atoms with van der Waals surface area (Å²) >= 11 is 3.48. The minimum Gasteiger partial charge on any atom is -0.485 e. The molecule has 0 bridgehead atoms. The van der Waals surface area contributed by atoms with Gasteiger partial charge < -0.3 is 15.2 Å². The Kier molecular flexibility index (Phi) is 4.29. The number of methoxy groups -OCH3 is 1. The molecule has 1 aliphatic rings. The first-order chi connectivity index (χ1) is 10.2. The fourth-order valence-corrected chi connectivity index (χ4v) is 3.01. The summed E-state index contributed by atoms with van der Waals surface area (Å²) in [5.41, 5.74) is 9.67. The van der Waals surface area contributed by atoms with Crippen LogP contribution < -0.4 is 10.5 Å². The van der Waals surface area contributed by atoms with Gasteiger partial charge in [-0.15, -0.1) is 0 Å². The number of rotatable bonds is 3. The Morgan fingerprint density at radius 3 is 2.71 bits per heavy atom. The van der Waals surface area contributed by atoms with Crippen molar-refractivity contribution >= 4 is 15.9 Å². The third-order valence-electron chi connectivity index (χ3n) is 3.77. The highest BCUT2D eigenvalue weighted by Crippen LogP contribution is 2.40. The summed E-state index contributed by atoms with van der Waals surface area (Å²) in [5, 5.41) is 0. The first kappa shape index (κ1) is 14.6. The lowest BCUT2D eigenvalue weighted by Gasteiger charge is -2.30. The van der Waals surface area contributed by atoms with Crippen molar-refractivity contribution in [3.8, 4) is 5.75 Å².